The Labute approximate surface area is 91.9 Å². The Balaban J connectivity index is 1.98. The molecule has 0 amide bonds. The summed E-state index contributed by atoms with van der Waals surface area (Å²) in [5, 5.41) is 0. The van der Waals surface area contributed by atoms with Crippen molar-refractivity contribution < 1.29 is 4.74 Å². The van der Waals surface area contributed by atoms with E-state index in [0.717, 1.165) is 18.2 Å². The zero-order valence-electron chi connectivity index (χ0n) is 9.57. The van der Waals surface area contributed by atoms with E-state index in [0.29, 0.717) is 0 Å². The molecule has 1 fully saturated rings. The third kappa shape index (κ3) is 2.72. The summed E-state index contributed by atoms with van der Waals surface area (Å²) < 4.78 is 5.22. The van der Waals surface area contributed by atoms with Crippen LogP contribution in [0.4, 0.5) is 0 Å². The molecule has 2 rings (SSSR count). The lowest BCUT2D eigenvalue weighted by Crippen LogP contribution is -2.19. The monoisotopic (exact) mass is 205 g/mol. The van der Waals surface area contributed by atoms with E-state index in [1.165, 1.54) is 25.1 Å². The zero-order chi connectivity index (χ0) is 10.7. The summed E-state index contributed by atoms with van der Waals surface area (Å²) in [5.41, 5.74) is 1.35. The van der Waals surface area contributed by atoms with Crippen molar-refractivity contribution in [2.24, 2.45) is 5.92 Å². The van der Waals surface area contributed by atoms with Gasteiger partial charge in [-0.05, 0) is 36.6 Å². The minimum atomic E-state index is 0.857. The summed E-state index contributed by atoms with van der Waals surface area (Å²) in [5.74, 6) is 1.82. The van der Waals surface area contributed by atoms with E-state index >= 15 is 0 Å². The van der Waals surface area contributed by atoms with Crippen LogP contribution in [0, 0.1) is 5.92 Å². The van der Waals surface area contributed by atoms with E-state index in [9.17, 15) is 0 Å². The summed E-state index contributed by atoms with van der Waals surface area (Å²) in [4.78, 5) is 2.51. The van der Waals surface area contributed by atoms with Gasteiger partial charge in [-0.1, -0.05) is 19.1 Å². The number of nitrogens with zero attached hydrogens (tertiary/aromatic N) is 1. The van der Waals surface area contributed by atoms with Crippen molar-refractivity contribution in [2.75, 3.05) is 20.2 Å². The van der Waals surface area contributed by atoms with Gasteiger partial charge in [0.15, 0.2) is 0 Å². The Morgan fingerprint density at radius 2 is 2.33 bits per heavy atom. The van der Waals surface area contributed by atoms with Crippen molar-refractivity contribution in [3.63, 3.8) is 0 Å². The smallest absolute Gasteiger partial charge is 0.119 e. The molecule has 0 radical (unpaired) electrons. The number of ether oxygens (including phenoxy) is 1. The van der Waals surface area contributed by atoms with Crippen molar-refractivity contribution in [3.8, 4) is 5.75 Å². The molecule has 1 saturated heterocycles. The molecule has 1 aromatic rings. The summed E-state index contributed by atoms with van der Waals surface area (Å²) in [6.07, 6.45) is 1.34. The van der Waals surface area contributed by atoms with Gasteiger partial charge in [-0.2, -0.15) is 0 Å². The van der Waals surface area contributed by atoms with E-state index in [-0.39, 0.29) is 0 Å². The van der Waals surface area contributed by atoms with Crippen molar-refractivity contribution in [3.05, 3.63) is 29.8 Å². The minimum absolute atomic E-state index is 0.857. The van der Waals surface area contributed by atoms with Gasteiger partial charge in [-0.15, -0.1) is 0 Å². The molecule has 1 aliphatic rings. The molecule has 0 saturated carbocycles. The summed E-state index contributed by atoms with van der Waals surface area (Å²) in [6, 6.07) is 8.36. The molecule has 82 valence electrons. The highest BCUT2D eigenvalue weighted by Gasteiger charge is 2.18. The van der Waals surface area contributed by atoms with Gasteiger partial charge in [0.25, 0.3) is 0 Å². The Bertz CT molecular complexity index is 324. The van der Waals surface area contributed by atoms with Gasteiger partial charge in [0.05, 0.1) is 7.11 Å². The Hall–Kier alpha value is -1.02. The number of hydrogen-bond acceptors (Lipinski definition) is 2. The van der Waals surface area contributed by atoms with E-state index in [1.54, 1.807) is 7.11 Å². The second-order valence-corrected chi connectivity index (χ2v) is 4.48. The minimum Gasteiger partial charge on any atom is -0.497 e. The molecule has 1 aromatic carbocycles. The molecule has 1 atom stereocenters. The predicted octanol–water partition coefficient (Wildman–Crippen LogP) is 2.54. The van der Waals surface area contributed by atoms with Crippen LogP contribution in [0.2, 0.25) is 0 Å². The van der Waals surface area contributed by atoms with Crippen LogP contribution in [0.5, 0.6) is 5.75 Å². The predicted molar refractivity (Wildman–Crippen MR) is 62.1 cm³/mol. The number of likely N-dealkylation sites (tertiary alicyclic amines) is 1. The Kier molecular flexibility index (Phi) is 3.27. The van der Waals surface area contributed by atoms with Crippen molar-refractivity contribution in [1.29, 1.82) is 0 Å². The van der Waals surface area contributed by atoms with Gasteiger partial charge in [0, 0.05) is 13.1 Å². The summed E-state index contributed by atoms with van der Waals surface area (Å²) in [6.45, 7) is 5.85. The molecule has 2 heteroatoms. The van der Waals surface area contributed by atoms with Gasteiger partial charge >= 0.3 is 0 Å². The maximum absolute atomic E-state index is 5.22. The third-order valence-corrected chi connectivity index (χ3v) is 3.05. The first-order chi connectivity index (χ1) is 7.28. The van der Waals surface area contributed by atoms with Gasteiger partial charge < -0.3 is 4.74 Å². The lowest BCUT2D eigenvalue weighted by atomic mass is 10.2. The SMILES string of the molecule is COc1cccc(CN2CCC(C)C2)c1. The Morgan fingerprint density at radius 1 is 1.47 bits per heavy atom. The van der Waals surface area contributed by atoms with Crippen LogP contribution in [0.15, 0.2) is 24.3 Å². The normalized spacial score (nSPS) is 21.9. The summed E-state index contributed by atoms with van der Waals surface area (Å²) >= 11 is 0. The highest BCUT2D eigenvalue weighted by atomic mass is 16.5. The third-order valence-electron chi connectivity index (χ3n) is 3.05. The van der Waals surface area contributed by atoms with E-state index in [4.69, 9.17) is 4.74 Å². The topological polar surface area (TPSA) is 12.5 Å². The van der Waals surface area contributed by atoms with Gasteiger partial charge in [0.1, 0.15) is 5.75 Å². The molecule has 15 heavy (non-hydrogen) atoms. The lowest BCUT2D eigenvalue weighted by Gasteiger charge is -2.15. The molecule has 0 aromatic heterocycles. The molecule has 2 nitrogen and oxygen atoms in total. The first kappa shape index (κ1) is 10.5. The standard InChI is InChI=1S/C13H19NO/c1-11-6-7-14(9-11)10-12-4-3-5-13(8-12)15-2/h3-5,8,11H,6-7,9-10H2,1-2H3. The van der Waals surface area contributed by atoms with Gasteiger partial charge in [-0.25, -0.2) is 0 Å². The number of methoxy groups -OCH3 is 1. The first-order valence-corrected chi connectivity index (χ1v) is 5.63. The molecular weight excluding hydrogens is 186 g/mol. The number of benzene rings is 1. The van der Waals surface area contributed by atoms with Gasteiger partial charge in [0.2, 0.25) is 0 Å². The second kappa shape index (κ2) is 4.67. The molecule has 1 heterocycles. The Morgan fingerprint density at radius 3 is 3.00 bits per heavy atom. The lowest BCUT2D eigenvalue weighted by molar-refractivity contribution is 0.319. The van der Waals surface area contributed by atoms with Gasteiger partial charge in [-0.3, -0.25) is 4.90 Å². The average Bonchev–Trinajstić information content (AvgIpc) is 2.64. The van der Waals surface area contributed by atoms with Crippen LogP contribution in [-0.2, 0) is 6.54 Å². The molecule has 0 spiro atoms. The number of rotatable bonds is 3. The highest BCUT2D eigenvalue weighted by Crippen LogP contribution is 2.19. The van der Waals surface area contributed by atoms with Crippen LogP contribution in [-0.4, -0.2) is 25.1 Å². The van der Waals surface area contributed by atoms with E-state index < -0.39 is 0 Å². The molecule has 1 unspecified atom stereocenters. The highest BCUT2D eigenvalue weighted by molar-refractivity contribution is 5.28. The largest absolute Gasteiger partial charge is 0.497 e. The molecule has 1 aliphatic heterocycles. The van der Waals surface area contributed by atoms with Crippen LogP contribution in [0.3, 0.4) is 0 Å². The fourth-order valence-corrected chi connectivity index (χ4v) is 2.20. The van der Waals surface area contributed by atoms with Crippen LogP contribution >= 0.6 is 0 Å². The van der Waals surface area contributed by atoms with Crippen molar-refractivity contribution in [2.45, 2.75) is 19.9 Å². The average molecular weight is 205 g/mol. The van der Waals surface area contributed by atoms with E-state index in [1.807, 2.05) is 6.07 Å². The second-order valence-electron chi connectivity index (χ2n) is 4.48. The van der Waals surface area contributed by atoms with Crippen molar-refractivity contribution in [1.82, 2.24) is 4.90 Å². The fourth-order valence-electron chi connectivity index (χ4n) is 2.20. The molecule has 0 bridgehead atoms. The summed E-state index contributed by atoms with van der Waals surface area (Å²) in [7, 11) is 1.72. The molecular formula is C13H19NO. The van der Waals surface area contributed by atoms with Crippen LogP contribution in [0.25, 0.3) is 0 Å². The quantitative estimate of drug-likeness (QED) is 0.752. The fraction of sp³-hybridized carbons (Fsp3) is 0.538. The van der Waals surface area contributed by atoms with Crippen molar-refractivity contribution >= 4 is 0 Å². The maximum atomic E-state index is 5.22. The van der Waals surface area contributed by atoms with Crippen LogP contribution < -0.4 is 4.74 Å². The number of hydrogen-bond donors (Lipinski definition) is 0. The van der Waals surface area contributed by atoms with E-state index in [2.05, 4.69) is 30.0 Å². The first-order valence-electron chi connectivity index (χ1n) is 5.63. The molecule has 0 N–H and O–H groups in total. The maximum Gasteiger partial charge on any atom is 0.119 e. The van der Waals surface area contributed by atoms with Crippen LogP contribution in [0.1, 0.15) is 18.9 Å². The molecule has 0 aliphatic carbocycles. The zero-order valence-corrected chi connectivity index (χ0v) is 9.57.